The molecule has 3 aromatic rings. The first kappa shape index (κ1) is 18.8. The number of nitro benzene ring substituents is 1. The number of hydrogen-bond acceptors (Lipinski definition) is 3. The van der Waals surface area contributed by atoms with Crippen LogP contribution in [0.25, 0.3) is 5.57 Å². The molecule has 144 valence electrons. The summed E-state index contributed by atoms with van der Waals surface area (Å²) in [5.41, 5.74) is 6.73. The average molecular weight is 382 g/mol. The van der Waals surface area contributed by atoms with Crippen LogP contribution in [-0.2, 0) is 12.8 Å². The van der Waals surface area contributed by atoms with Gasteiger partial charge < -0.3 is 5.41 Å². The molecule has 4 nitrogen and oxygen atoms in total. The molecule has 0 heterocycles. The number of fused-ring (bicyclic) bond motifs is 1. The van der Waals surface area contributed by atoms with Gasteiger partial charge in [0.25, 0.3) is 5.69 Å². The van der Waals surface area contributed by atoms with E-state index in [0.717, 1.165) is 27.8 Å². The van der Waals surface area contributed by atoms with Gasteiger partial charge in [-0.2, -0.15) is 0 Å². The molecular weight excluding hydrogens is 360 g/mol. The Bertz CT molecular complexity index is 1130. The number of nitrogens with one attached hydrogen (secondary N) is 1. The molecule has 0 radical (unpaired) electrons. The van der Waals surface area contributed by atoms with Crippen molar-refractivity contribution < 1.29 is 4.92 Å². The Morgan fingerprint density at radius 3 is 2.52 bits per heavy atom. The highest BCUT2D eigenvalue weighted by Gasteiger charge is 2.27. The van der Waals surface area contributed by atoms with E-state index in [2.05, 4.69) is 25.1 Å². The molecule has 0 bridgehead atoms. The lowest BCUT2D eigenvalue weighted by Crippen LogP contribution is -2.16. The van der Waals surface area contributed by atoms with Crippen LogP contribution in [0, 0.1) is 22.4 Å². The lowest BCUT2D eigenvalue weighted by molar-refractivity contribution is -0.385. The van der Waals surface area contributed by atoms with Crippen LogP contribution in [0.3, 0.4) is 0 Å². The van der Waals surface area contributed by atoms with E-state index < -0.39 is 0 Å². The molecule has 1 aliphatic rings. The van der Waals surface area contributed by atoms with Gasteiger partial charge in [0.2, 0.25) is 0 Å². The van der Waals surface area contributed by atoms with Crippen molar-refractivity contribution in [3.63, 3.8) is 0 Å². The first-order valence-electron chi connectivity index (χ1n) is 9.70. The minimum Gasteiger partial charge on any atom is -0.304 e. The Labute approximate surface area is 170 Å². The van der Waals surface area contributed by atoms with Gasteiger partial charge >= 0.3 is 0 Å². The molecule has 0 fully saturated rings. The van der Waals surface area contributed by atoms with Gasteiger partial charge in [-0.1, -0.05) is 72.8 Å². The Kier molecular flexibility index (Phi) is 5.09. The summed E-state index contributed by atoms with van der Waals surface area (Å²) in [5.74, 6) is -0.126. The van der Waals surface area contributed by atoms with Crippen molar-refractivity contribution in [2.24, 2.45) is 0 Å². The van der Waals surface area contributed by atoms with Crippen LogP contribution in [0.4, 0.5) is 5.69 Å². The fourth-order valence-electron chi connectivity index (χ4n) is 4.07. The molecular formula is C25H22N2O2. The van der Waals surface area contributed by atoms with E-state index in [1.165, 1.54) is 0 Å². The Hall–Kier alpha value is -3.53. The van der Waals surface area contributed by atoms with Crippen LogP contribution in [0.15, 0.2) is 78.9 Å². The second kappa shape index (κ2) is 7.84. The molecule has 3 aromatic carbocycles. The third-order valence-electron chi connectivity index (χ3n) is 5.60. The summed E-state index contributed by atoms with van der Waals surface area (Å²) in [5, 5.41) is 20.4. The van der Waals surface area contributed by atoms with E-state index in [-0.39, 0.29) is 16.5 Å². The zero-order chi connectivity index (χ0) is 20.4. The SMILES string of the molecule is Cc1ccccc1CC(=N)C1=CC(c2ccccc2[N+](=O)[O-])Cc2ccccc21. The number of rotatable bonds is 5. The van der Waals surface area contributed by atoms with Crippen molar-refractivity contribution in [3.05, 3.63) is 117 Å². The van der Waals surface area contributed by atoms with Crippen LogP contribution in [0.1, 0.15) is 33.7 Å². The number of aryl methyl sites for hydroxylation is 1. The average Bonchev–Trinajstić information content (AvgIpc) is 2.74. The maximum Gasteiger partial charge on any atom is 0.273 e. The van der Waals surface area contributed by atoms with Crippen molar-refractivity contribution in [1.82, 2.24) is 0 Å². The predicted molar refractivity (Wildman–Crippen MR) is 117 cm³/mol. The second-order valence-corrected chi connectivity index (χ2v) is 7.45. The zero-order valence-electron chi connectivity index (χ0n) is 16.3. The molecule has 1 N–H and O–H groups in total. The Morgan fingerprint density at radius 2 is 1.72 bits per heavy atom. The summed E-state index contributed by atoms with van der Waals surface area (Å²) in [6, 6.07) is 23.1. The fourth-order valence-corrected chi connectivity index (χ4v) is 4.07. The number of nitrogens with zero attached hydrogens (tertiary/aromatic N) is 1. The molecule has 1 atom stereocenters. The Balaban J connectivity index is 1.77. The fraction of sp³-hybridized carbons (Fsp3) is 0.160. The van der Waals surface area contributed by atoms with Crippen LogP contribution < -0.4 is 0 Å². The molecule has 1 unspecified atom stereocenters. The largest absolute Gasteiger partial charge is 0.304 e. The van der Waals surface area contributed by atoms with Gasteiger partial charge in [-0.25, -0.2) is 0 Å². The summed E-state index contributed by atoms with van der Waals surface area (Å²) in [7, 11) is 0. The maximum absolute atomic E-state index is 11.5. The van der Waals surface area contributed by atoms with Gasteiger partial charge in [0.1, 0.15) is 0 Å². The van der Waals surface area contributed by atoms with Crippen LogP contribution in [-0.4, -0.2) is 10.6 Å². The summed E-state index contributed by atoms with van der Waals surface area (Å²) in [6.07, 6.45) is 3.28. The molecule has 1 aliphatic carbocycles. The summed E-state index contributed by atoms with van der Waals surface area (Å²) >= 11 is 0. The summed E-state index contributed by atoms with van der Waals surface area (Å²) in [6.45, 7) is 2.06. The lowest BCUT2D eigenvalue weighted by atomic mass is 9.78. The summed E-state index contributed by atoms with van der Waals surface area (Å²) < 4.78 is 0. The van der Waals surface area contributed by atoms with Crippen molar-refractivity contribution in [1.29, 1.82) is 5.41 Å². The van der Waals surface area contributed by atoms with Gasteiger partial charge in [-0.15, -0.1) is 0 Å². The first-order valence-corrected chi connectivity index (χ1v) is 9.70. The van der Waals surface area contributed by atoms with E-state index >= 15 is 0 Å². The van der Waals surface area contributed by atoms with Gasteiger partial charge in [0, 0.05) is 29.7 Å². The van der Waals surface area contributed by atoms with Crippen LogP contribution in [0.2, 0.25) is 0 Å². The van der Waals surface area contributed by atoms with Crippen LogP contribution >= 0.6 is 0 Å². The third-order valence-corrected chi connectivity index (χ3v) is 5.60. The van der Waals surface area contributed by atoms with Crippen molar-refractivity contribution in [3.8, 4) is 0 Å². The zero-order valence-corrected chi connectivity index (χ0v) is 16.3. The van der Waals surface area contributed by atoms with Crippen molar-refractivity contribution in [2.45, 2.75) is 25.7 Å². The van der Waals surface area contributed by atoms with E-state index in [9.17, 15) is 10.1 Å². The first-order chi connectivity index (χ1) is 14.0. The molecule has 4 heteroatoms. The number of allylic oxidation sites excluding steroid dienone is 2. The molecule has 29 heavy (non-hydrogen) atoms. The standard InChI is InChI=1S/C25H22N2O2/c1-17-8-2-3-9-18(17)16-24(26)23-15-20(14-19-10-4-5-11-21(19)23)22-12-6-7-13-25(22)27(28)29/h2-13,15,20,26H,14,16H2,1H3. The molecule has 0 spiro atoms. The van der Waals surface area contributed by atoms with E-state index in [1.54, 1.807) is 12.1 Å². The molecule has 0 saturated carbocycles. The molecule has 0 amide bonds. The Morgan fingerprint density at radius 1 is 1.03 bits per heavy atom. The van der Waals surface area contributed by atoms with Gasteiger partial charge in [-0.05, 0) is 41.2 Å². The number of benzene rings is 3. The highest BCUT2D eigenvalue weighted by molar-refractivity contribution is 6.23. The minimum atomic E-state index is -0.317. The molecule has 0 aromatic heterocycles. The van der Waals surface area contributed by atoms with E-state index in [0.29, 0.717) is 24.1 Å². The van der Waals surface area contributed by atoms with E-state index in [1.807, 2.05) is 48.5 Å². The predicted octanol–water partition coefficient (Wildman–Crippen LogP) is 5.89. The van der Waals surface area contributed by atoms with Crippen molar-refractivity contribution in [2.75, 3.05) is 0 Å². The summed E-state index contributed by atoms with van der Waals surface area (Å²) in [4.78, 5) is 11.2. The third kappa shape index (κ3) is 3.74. The quantitative estimate of drug-likeness (QED) is 0.340. The smallest absolute Gasteiger partial charge is 0.273 e. The molecule has 0 saturated heterocycles. The topological polar surface area (TPSA) is 67.0 Å². The highest BCUT2D eigenvalue weighted by atomic mass is 16.6. The van der Waals surface area contributed by atoms with E-state index in [4.69, 9.17) is 5.41 Å². The molecule has 4 rings (SSSR count). The monoisotopic (exact) mass is 382 g/mol. The van der Waals surface area contributed by atoms with Gasteiger partial charge in [0.05, 0.1) is 4.92 Å². The minimum absolute atomic E-state index is 0.126. The van der Waals surface area contributed by atoms with Gasteiger partial charge in [0.15, 0.2) is 0 Å². The highest BCUT2D eigenvalue weighted by Crippen LogP contribution is 2.38. The van der Waals surface area contributed by atoms with Crippen molar-refractivity contribution >= 4 is 17.0 Å². The number of hydrogen-bond donors (Lipinski definition) is 1. The molecule has 0 aliphatic heterocycles. The van der Waals surface area contributed by atoms with Crippen LogP contribution in [0.5, 0.6) is 0 Å². The normalized spacial score (nSPS) is 15.3. The maximum atomic E-state index is 11.5. The van der Waals surface area contributed by atoms with Gasteiger partial charge in [-0.3, -0.25) is 10.1 Å². The lowest BCUT2D eigenvalue weighted by Gasteiger charge is -2.25. The number of nitro groups is 1. The number of para-hydroxylation sites is 1. The second-order valence-electron chi connectivity index (χ2n) is 7.45.